The van der Waals surface area contributed by atoms with E-state index in [4.69, 9.17) is 0 Å². The second-order valence-corrected chi connectivity index (χ2v) is 10.5. The molecule has 1 saturated carbocycles. The van der Waals surface area contributed by atoms with Crippen LogP contribution in [0, 0.1) is 5.92 Å². The molecule has 7 nitrogen and oxygen atoms in total. The number of pyridine rings is 1. The molecule has 3 aromatic rings. The lowest BCUT2D eigenvalue weighted by Gasteiger charge is -2.38. The molecule has 2 saturated heterocycles. The molecule has 6 rings (SSSR count). The summed E-state index contributed by atoms with van der Waals surface area (Å²) >= 11 is 0. The minimum absolute atomic E-state index is 0.303. The fraction of sp³-hybridized carbons (Fsp3) is 0.500. The van der Waals surface area contributed by atoms with Gasteiger partial charge in [-0.15, -0.1) is 0 Å². The number of aromatic amines is 1. The summed E-state index contributed by atoms with van der Waals surface area (Å²) in [6.07, 6.45) is 4.04. The zero-order valence-corrected chi connectivity index (χ0v) is 20.9. The molecule has 0 bridgehead atoms. The van der Waals surface area contributed by atoms with Gasteiger partial charge in [-0.1, -0.05) is 12.1 Å². The predicted molar refractivity (Wildman–Crippen MR) is 142 cm³/mol. The summed E-state index contributed by atoms with van der Waals surface area (Å²) in [7, 11) is 0. The van der Waals surface area contributed by atoms with Crippen molar-refractivity contribution < 1.29 is 4.79 Å². The summed E-state index contributed by atoms with van der Waals surface area (Å²) < 4.78 is 0. The van der Waals surface area contributed by atoms with Crippen LogP contribution >= 0.6 is 0 Å². The molecule has 2 aromatic heterocycles. The van der Waals surface area contributed by atoms with Gasteiger partial charge in [-0.3, -0.25) is 9.69 Å². The van der Waals surface area contributed by atoms with Crippen LogP contribution in [-0.2, 0) is 4.79 Å². The van der Waals surface area contributed by atoms with E-state index in [-0.39, 0.29) is 0 Å². The summed E-state index contributed by atoms with van der Waals surface area (Å²) in [5.74, 6) is 0.663. The van der Waals surface area contributed by atoms with Crippen LogP contribution in [0.5, 0.6) is 0 Å². The second-order valence-electron chi connectivity index (χ2n) is 10.5. The maximum Gasteiger partial charge on any atom is 0.225 e. The molecular formula is C28H36N6O. The summed E-state index contributed by atoms with van der Waals surface area (Å²) in [5.41, 5.74) is 5.70. The molecule has 1 amide bonds. The summed E-state index contributed by atoms with van der Waals surface area (Å²) in [6, 6.07) is 13.9. The molecule has 2 aliphatic heterocycles. The van der Waals surface area contributed by atoms with Crippen LogP contribution in [0.25, 0.3) is 22.3 Å². The minimum Gasteiger partial charge on any atom is -0.369 e. The number of aromatic nitrogens is 2. The van der Waals surface area contributed by atoms with Crippen molar-refractivity contribution in [3.63, 3.8) is 0 Å². The number of amides is 1. The lowest BCUT2D eigenvalue weighted by Crippen LogP contribution is -2.49. The molecule has 0 radical (unpaired) electrons. The van der Waals surface area contributed by atoms with Crippen molar-refractivity contribution in [1.82, 2.24) is 19.8 Å². The molecule has 1 aromatic carbocycles. The Hall–Kier alpha value is -3.06. The van der Waals surface area contributed by atoms with Crippen molar-refractivity contribution in [1.29, 1.82) is 0 Å². The number of carbonyl (C=O) groups is 1. The van der Waals surface area contributed by atoms with Gasteiger partial charge in [-0.25, -0.2) is 4.98 Å². The maximum atomic E-state index is 12.4. The van der Waals surface area contributed by atoms with E-state index in [1.165, 1.54) is 16.9 Å². The van der Waals surface area contributed by atoms with Crippen molar-refractivity contribution in [2.75, 3.05) is 62.2 Å². The number of fused-ring (bicyclic) bond motifs is 1. The van der Waals surface area contributed by atoms with Crippen LogP contribution in [0.4, 0.5) is 11.4 Å². The maximum absolute atomic E-state index is 12.4. The first-order valence-electron chi connectivity index (χ1n) is 13.2. The van der Waals surface area contributed by atoms with Gasteiger partial charge in [0.2, 0.25) is 5.91 Å². The highest BCUT2D eigenvalue weighted by atomic mass is 16.2. The highest BCUT2D eigenvalue weighted by Gasteiger charge is 2.34. The van der Waals surface area contributed by atoms with Crippen molar-refractivity contribution in [2.45, 2.75) is 32.7 Å². The van der Waals surface area contributed by atoms with Crippen molar-refractivity contribution >= 4 is 28.3 Å². The van der Waals surface area contributed by atoms with Gasteiger partial charge in [-0.05, 0) is 56.5 Å². The normalized spacial score (nSPS) is 19.7. The van der Waals surface area contributed by atoms with Gasteiger partial charge in [0.15, 0.2) is 0 Å². The molecule has 0 unspecified atom stereocenters. The molecule has 0 spiro atoms. The van der Waals surface area contributed by atoms with Gasteiger partial charge < -0.3 is 19.7 Å². The van der Waals surface area contributed by atoms with E-state index in [0.717, 1.165) is 81.9 Å². The van der Waals surface area contributed by atoms with E-state index in [1.807, 2.05) is 6.20 Å². The number of hydrogen-bond acceptors (Lipinski definition) is 5. The number of carbonyl (C=O) groups excluding carboxylic acids is 1. The Balaban J connectivity index is 1.16. The Morgan fingerprint density at radius 2 is 1.60 bits per heavy atom. The molecule has 1 aliphatic carbocycles. The second kappa shape index (κ2) is 9.19. The number of hydrogen-bond donors (Lipinski definition) is 1. The third kappa shape index (κ3) is 4.49. The number of piperazine rings is 2. The van der Waals surface area contributed by atoms with E-state index >= 15 is 0 Å². The highest BCUT2D eigenvalue weighted by Crippen LogP contribution is 2.34. The number of anilines is 2. The zero-order valence-electron chi connectivity index (χ0n) is 20.9. The smallest absolute Gasteiger partial charge is 0.225 e. The first-order chi connectivity index (χ1) is 17.1. The Bertz CT molecular complexity index is 1180. The van der Waals surface area contributed by atoms with Crippen LogP contribution in [0.2, 0.25) is 0 Å². The van der Waals surface area contributed by atoms with Crippen LogP contribution in [0.1, 0.15) is 26.7 Å². The van der Waals surface area contributed by atoms with Crippen molar-refractivity contribution in [3.05, 3.63) is 42.6 Å². The summed E-state index contributed by atoms with van der Waals surface area (Å²) in [5, 5.41) is 1.15. The number of rotatable bonds is 5. The number of nitrogens with zero attached hydrogens (tertiary/aromatic N) is 5. The van der Waals surface area contributed by atoms with Gasteiger partial charge in [0.05, 0.1) is 0 Å². The molecule has 1 N–H and O–H groups in total. The SMILES string of the molecule is CC(C)N1CCN(c2ccc(-c3cc4c(N5CCN(C(=O)C6CC6)CC5)ccnc4[nH]3)cc2)CC1. The number of benzene rings is 1. The first kappa shape index (κ1) is 22.4. The quantitative estimate of drug-likeness (QED) is 0.612. The summed E-state index contributed by atoms with van der Waals surface area (Å²) in [6.45, 7) is 12.3. The standard InChI is InChI=1S/C28H36N6O/c1-20(2)31-11-13-32(14-12-31)23-7-5-21(6-8-23)25-19-24-26(9-10-29-27(24)30-25)33-15-17-34(18-16-33)28(35)22-3-4-22/h5-10,19-20,22H,3-4,11-18H2,1-2H3,(H,29,30). The molecule has 0 atom stereocenters. The Kier molecular flexibility index (Phi) is 5.88. The highest BCUT2D eigenvalue weighted by molar-refractivity contribution is 5.94. The molecule has 3 aliphatic rings. The largest absolute Gasteiger partial charge is 0.369 e. The molecule has 7 heteroatoms. The van der Waals surface area contributed by atoms with Crippen molar-refractivity contribution in [3.8, 4) is 11.3 Å². The zero-order chi connectivity index (χ0) is 23.9. The molecule has 3 fully saturated rings. The van der Waals surface area contributed by atoms with E-state index in [0.29, 0.717) is 17.9 Å². The topological polar surface area (TPSA) is 58.7 Å². The van der Waals surface area contributed by atoms with Crippen molar-refractivity contribution in [2.24, 2.45) is 5.92 Å². The Morgan fingerprint density at radius 1 is 0.914 bits per heavy atom. The van der Waals surface area contributed by atoms with Crippen LogP contribution in [0.15, 0.2) is 42.6 Å². The molecule has 35 heavy (non-hydrogen) atoms. The van der Waals surface area contributed by atoms with Gasteiger partial charge in [0, 0.05) is 93.0 Å². The summed E-state index contributed by atoms with van der Waals surface area (Å²) in [4.78, 5) is 30.1. The van der Waals surface area contributed by atoms with E-state index < -0.39 is 0 Å². The predicted octanol–water partition coefficient (Wildman–Crippen LogP) is 3.82. The lowest BCUT2D eigenvalue weighted by molar-refractivity contribution is -0.132. The lowest BCUT2D eigenvalue weighted by atomic mass is 10.1. The van der Waals surface area contributed by atoms with Crippen LogP contribution < -0.4 is 9.80 Å². The monoisotopic (exact) mass is 472 g/mol. The van der Waals surface area contributed by atoms with E-state index in [1.54, 1.807) is 0 Å². The molecular weight excluding hydrogens is 436 g/mol. The molecule has 4 heterocycles. The average Bonchev–Trinajstić information content (AvgIpc) is 3.66. The third-order valence-corrected chi connectivity index (χ3v) is 7.96. The van der Waals surface area contributed by atoms with Gasteiger partial charge >= 0.3 is 0 Å². The van der Waals surface area contributed by atoms with Gasteiger partial charge in [0.25, 0.3) is 0 Å². The minimum atomic E-state index is 0.303. The van der Waals surface area contributed by atoms with Crippen LogP contribution in [0.3, 0.4) is 0 Å². The van der Waals surface area contributed by atoms with Crippen LogP contribution in [-0.4, -0.2) is 84.1 Å². The Labute approximate surface area is 207 Å². The first-order valence-corrected chi connectivity index (χ1v) is 13.2. The van der Waals surface area contributed by atoms with E-state index in [9.17, 15) is 4.79 Å². The Morgan fingerprint density at radius 3 is 2.26 bits per heavy atom. The number of H-pyrrole nitrogens is 1. The fourth-order valence-corrected chi connectivity index (χ4v) is 5.55. The van der Waals surface area contributed by atoms with Gasteiger partial charge in [0.1, 0.15) is 5.65 Å². The number of nitrogens with one attached hydrogen (secondary N) is 1. The fourth-order valence-electron chi connectivity index (χ4n) is 5.55. The van der Waals surface area contributed by atoms with E-state index in [2.05, 4.69) is 79.8 Å². The van der Waals surface area contributed by atoms with Gasteiger partial charge in [-0.2, -0.15) is 0 Å². The third-order valence-electron chi connectivity index (χ3n) is 7.96. The molecule has 184 valence electrons. The average molecular weight is 473 g/mol.